The Morgan fingerprint density at radius 2 is 1.79 bits per heavy atom. The van der Waals surface area contributed by atoms with E-state index in [2.05, 4.69) is 27.3 Å². The van der Waals surface area contributed by atoms with E-state index in [1.807, 2.05) is 36.5 Å². The highest BCUT2D eigenvalue weighted by Gasteiger charge is 2.14. The standard InChI is InChI=1S/C15H12N4/c16-11-5-3-7-13-14(11)15(19-18-13)10-8-17-12-6-2-1-4-9(10)12/h1-8,17H,16H2,(H,18,19). The molecule has 19 heavy (non-hydrogen) atoms. The summed E-state index contributed by atoms with van der Waals surface area (Å²) >= 11 is 0. The van der Waals surface area contributed by atoms with Gasteiger partial charge in [0, 0.05) is 28.4 Å². The lowest BCUT2D eigenvalue weighted by molar-refractivity contribution is 1.12. The van der Waals surface area contributed by atoms with Gasteiger partial charge in [-0.05, 0) is 18.2 Å². The summed E-state index contributed by atoms with van der Waals surface area (Å²) in [4.78, 5) is 3.27. The zero-order valence-electron chi connectivity index (χ0n) is 10.1. The average Bonchev–Trinajstić information content (AvgIpc) is 3.02. The molecule has 0 bridgehead atoms. The van der Waals surface area contributed by atoms with Gasteiger partial charge in [-0.15, -0.1) is 0 Å². The van der Waals surface area contributed by atoms with Gasteiger partial charge in [-0.2, -0.15) is 5.10 Å². The molecule has 4 aromatic rings. The van der Waals surface area contributed by atoms with Crippen molar-refractivity contribution in [3.05, 3.63) is 48.7 Å². The summed E-state index contributed by atoms with van der Waals surface area (Å²) in [5.41, 5.74) is 10.8. The van der Waals surface area contributed by atoms with Crippen LogP contribution in [0.4, 0.5) is 5.69 Å². The fraction of sp³-hybridized carbons (Fsp3) is 0. The van der Waals surface area contributed by atoms with Gasteiger partial charge < -0.3 is 10.7 Å². The fourth-order valence-electron chi connectivity index (χ4n) is 2.56. The van der Waals surface area contributed by atoms with Gasteiger partial charge in [0.1, 0.15) is 5.69 Å². The predicted molar refractivity (Wildman–Crippen MR) is 77.8 cm³/mol. The van der Waals surface area contributed by atoms with Crippen LogP contribution in [0.15, 0.2) is 48.7 Å². The number of nitrogens with zero attached hydrogens (tertiary/aromatic N) is 1. The molecule has 0 atom stereocenters. The number of nitrogens with one attached hydrogen (secondary N) is 2. The summed E-state index contributed by atoms with van der Waals surface area (Å²) in [6.45, 7) is 0. The van der Waals surface area contributed by atoms with E-state index in [-0.39, 0.29) is 0 Å². The minimum absolute atomic E-state index is 0.742. The lowest BCUT2D eigenvalue weighted by Crippen LogP contribution is -1.86. The van der Waals surface area contributed by atoms with Gasteiger partial charge in [0.25, 0.3) is 0 Å². The number of aromatic nitrogens is 3. The van der Waals surface area contributed by atoms with Crippen LogP contribution in [-0.2, 0) is 0 Å². The highest BCUT2D eigenvalue weighted by molar-refractivity contribution is 6.07. The SMILES string of the molecule is Nc1cccc2[nH]nc(-c3c[nH]c4ccccc34)c12. The number of hydrogen-bond acceptors (Lipinski definition) is 2. The van der Waals surface area contributed by atoms with Crippen LogP contribution < -0.4 is 5.73 Å². The molecule has 2 heterocycles. The van der Waals surface area contributed by atoms with E-state index >= 15 is 0 Å². The molecule has 0 saturated heterocycles. The zero-order valence-corrected chi connectivity index (χ0v) is 10.1. The third kappa shape index (κ3) is 1.37. The maximum Gasteiger partial charge on any atom is 0.104 e. The van der Waals surface area contributed by atoms with Gasteiger partial charge in [-0.1, -0.05) is 24.3 Å². The monoisotopic (exact) mass is 248 g/mol. The zero-order chi connectivity index (χ0) is 12.8. The molecule has 0 radical (unpaired) electrons. The molecule has 0 spiro atoms. The molecule has 4 rings (SSSR count). The summed E-state index contributed by atoms with van der Waals surface area (Å²) in [5, 5.41) is 9.59. The van der Waals surface area contributed by atoms with Crippen molar-refractivity contribution in [1.82, 2.24) is 15.2 Å². The first-order valence-corrected chi connectivity index (χ1v) is 6.13. The third-order valence-electron chi connectivity index (χ3n) is 3.47. The highest BCUT2D eigenvalue weighted by atomic mass is 15.1. The van der Waals surface area contributed by atoms with E-state index in [0.29, 0.717) is 0 Å². The van der Waals surface area contributed by atoms with Crippen molar-refractivity contribution >= 4 is 27.5 Å². The number of hydrogen-bond donors (Lipinski definition) is 3. The highest BCUT2D eigenvalue weighted by Crippen LogP contribution is 2.34. The number of anilines is 1. The minimum Gasteiger partial charge on any atom is -0.398 e. The number of benzene rings is 2. The molecule has 4 heteroatoms. The molecule has 4 N–H and O–H groups in total. The summed E-state index contributed by atoms with van der Waals surface area (Å²) in [7, 11) is 0. The van der Waals surface area contributed by atoms with E-state index in [9.17, 15) is 0 Å². The number of H-pyrrole nitrogens is 2. The number of nitrogen functional groups attached to an aromatic ring is 1. The van der Waals surface area contributed by atoms with Gasteiger partial charge in [-0.3, -0.25) is 5.10 Å². The van der Waals surface area contributed by atoms with Gasteiger partial charge in [0.2, 0.25) is 0 Å². The smallest absolute Gasteiger partial charge is 0.104 e. The Labute approximate surface area is 109 Å². The normalized spacial score (nSPS) is 11.4. The lowest BCUT2D eigenvalue weighted by atomic mass is 10.1. The van der Waals surface area contributed by atoms with Crippen molar-refractivity contribution in [2.45, 2.75) is 0 Å². The summed E-state index contributed by atoms with van der Waals surface area (Å²) in [6.07, 6.45) is 1.98. The van der Waals surface area contributed by atoms with Crippen molar-refractivity contribution < 1.29 is 0 Å². The van der Waals surface area contributed by atoms with E-state index in [1.165, 1.54) is 0 Å². The number of fused-ring (bicyclic) bond motifs is 2. The molecule has 2 aromatic heterocycles. The molecule has 0 aliphatic heterocycles. The molecule has 0 unspecified atom stereocenters. The second-order valence-electron chi connectivity index (χ2n) is 4.59. The second kappa shape index (κ2) is 3.62. The maximum absolute atomic E-state index is 6.08. The van der Waals surface area contributed by atoms with Gasteiger partial charge >= 0.3 is 0 Å². The number of aromatic amines is 2. The molecule has 2 aromatic carbocycles. The topological polar surface area (TPSA) is 70.5 Å². The summed E-state index contributed by atoms with van der Waals surface area (Å²) in [6, 6.07) is 14.0. The molecule has 0 aliphatic rings. The van der Waals surface area contributed by atoms with Crippen molar-refractivity contribution in [3.63, 3.8) is 0 Å². The Balaban J connectivity index is 2.10. The van der Waals surface area contributed by atoms with Crippen LogP contribution in [-0.4, -0.2) is 15.2 Å². The molecule has 0 saturated carbocycles. The molecular weight excluding hydrogens is 236 g/mol. The van der Waals surface area contributed by atoms with Crippen LogP contribution in [0.3, 0.4) is 0 Å². The Morgan fingerprint density at radius 3 is 2.74 bits per heavy atom. The van der Waals surface area contributed by atoms with Crippen molar-refractivity contribution in [1.29, 1.82) is 0 Å². The fourth-order valence-corrected chi connectivity index (χ4v) is 2.56. The third-order valence-corrected chi connectivity index (χ3v) is 3.47. The minimum atomic E-state index is 0.742. The largest absolute Gasteiger partial charge is 0.398 e. The van der Waals surface area contributed by atoms with Crippen LogP contribution in [0.1, 0.15) is 0 Å². The first-order chi connectivity index (χ1) is 9.34. The van der Waals surface area contributed by atoms with Crippen LogP contribution in [0, 0.1) is 0 Å². The Hall–Kier alpha value is -2.75. The second-order valence-corrected chi connectivity index (χ2v) is 4.59. The van der Waals surface area contributed by atoms with E-state index in [4.69, 9.17) is 5.73 Å². The van der Waals surface area contributed by atoms with Crippen LogP contribution in [0.25, 0.3) is 33.1 Å². The molecular formula is C15H12N4. The molecule has 4 nitrogen and oxygen atoms in total. The van der Waals surface area contributed by atoms with Crippen LogP contribution in [0.5, 0.6) is 0 Å². The van der Waals surface area contributed by atoms with Crippen molar-refractivity contribution in [3.8, 4) is 11.3 Å². The van der Waals surface area contributed by atoms with Crippen molar-refractivity contribution in [2.75, 3.05) is 5.73 Å². The quantitative estimate of drug-likeness (QED) is 0.452. The summed E-state index contributed by atoms with van der Waals surface area (Å²) in [5.74, 6) is 0. The molecule has 92 valence electrons. The van der Waals surface area contributed by atoms with Crippen molar-refractivity contribution in [2.24, 2.45) is 0 Å². The Morgan fingerprint density at radius 1 is 0.947 bits per heavy atom. The average molecular weight is 248 g/mol. The molecule has 0 aliphatic carbocycles. The number of para-hydroxylation sites is 1. The van der Waals surface area contributed by atoms with E-state index in [0.717, 1.165) is 38.8 Å². The molecule has 0 amide bonds. The van der Waals surface area contributed by atoms with Crippen LogP contribution >= 0.6 is 0 Å². The first-order valence-electron chi connectivity index (χ1n) is 6.13. The Kier molecular flexibility index (Phi) is 1.94. The Bertz CT molecular complexity index is 885. The van der Waals surface area contributed by atoms with Gasteiger partial charge in [0.15, 0.2) is 0 Å². The number of nitrogens with two attached hydrogens (primary N) is 1. The van der Waals surface area contributed by atoms with Crippen LogP contribution in [0.2, 0.25) is 0 Å². The van der Waals surface area contributed by atoms with Gasteiger partial charge in [0.05, 0.1) is 10.9 Å². The predicted octanol–water partition coefficient (Wildman–Crippen LogP) is 3.29. The molecule has 0 fully saturated rings. The van der Waals surface area contributed by atoms with E-state index < -0.39 is 0 Å². The summed E-state index contributed by atoms with van der Waals surface area (Å²) < 4.78 is 0. The first kappa shape index (κ1) is 10.2. The lowest BCUT2D eigenvalue weighted by Gasteiger charge is -1.99. The van der Waals surface area contributed by atoms with Gasteiger partial charge in [-0.25, -0.2) is 0 Å². The number of rotatable bonds is 1. The van der Waals surface area contributed by atoms with E-state index in [1.54, 1.807) is 0 Å². The maximum atomic E-state index is 6.08.